The van der Waals surface area contributed by atoms with Gasteiger partial charge in [-0.3, -0.25) is 9.59 Å². The van der Waals surface area contributed by atoms with Crippen LogP contribution in [0.4, 0.5) is 4.39 Å². The van der Waals surface area contributed by atoms with Crippen molar-refractivity contribution in [2.45, 2.75) is 44.8 Å². The average molecular weight is 425 g/mol. The molecule has 2 amide bonds. The summed E-state index contributed by atoms with van der Waals surface area (Å²) in [5.74, 6) is -0.572. The number of halogens is 1. The van der Waals surface area contributed by atoms with Gasteiger partial charge in [-0.05, 0) is 41.7 Å². The van der Waals surface area contributed by atoms with E-state index in [2.05, 4.69) is 5.32 Å². The SMILES string of the molecule is CC(C)C(=O)N1CCOC(Cc2ccccc2-c2ccc(F)cc2)(C(=O)NC2CC2)C1. The van der Waals surface area contributed by atoms with Gasteiger partial charge in [-0.15, -0.1) is 0 Å². The van der Waals surface area contributed by atoms with Crippen LogP contribution in [0.15, 0.2) is 48.5 Å². The van der Waals surface area contributed by atoms with E-state index < -0.39 is 5.60 Å². The van der Waals surface area contributed by atoms with E-state index in [1.54, 1.807) is 17.0 Å². The van der Waals surface area contributed by atoms with Crippen LogP contribution >= 0.6 is 0 Å². The van der Waals surface area contributed by atoms with E-state index in [9.17, 15) is 14.0 Å². The first kappa shape index (κ1) is 21.5. The maximum atomic E-state index is 13.4. The van der Waals surface area contributed by atoms with Crippen molar-refractivity contribution >= 4 is 11.8 Å². The first-order valence-corrected chi connectivity index (χ1v) is 11.0. The summed E-state index contributed by atoms with van der Waals surface area (Å²) >= 11 is 0. The van der Waals surface area contributed by atoms with E-state index in [1.807, 2.05) is 38.1 Å². The fraction of sp³-hybridized carbons (Fsp3) is 0.440. The molecule has 1 heterocycles. The second-order valence-electron chi connectivity index (χ2n) is 8.85. The predicted molar refractivity (Wildman–Crippen MR) is 117 cm³/mol. The first-order chi connectivity index (χ1) is 14.9. The number of nitrogens with one attached hydrogen (secondary N) is 1. The third-order valence-electron chi connectivity index (χ3n) is 5.97. The molecule has 1 unspecified atom stereocenters. The molecule has 1 saturated heterocycles. The van der Waals surface area contributed by atoms with Gasteiger partial charge < -0.3 is 15.0 Å². The Balaban J connectivity index is 1.68. The number of morpholine rings is 1. The second-order valence-corrected chi connectivity index (χ2v) is 8.85. The Labute approximate surface area is 182 Å². The fourth-order valence-electron chi connectivity index (χ4n) is 4.10. The molecule has 0 spiro atoms. The summed E-state index contributed by atoms with van der Waals surface area (Å²) in [5, 5.41) is 3.09. The van der Waals surface area contributed by atoms with Crippen molar-refractivity contribution in [2.75, 3.05) is 19.7 Å². The molecule has 31 heavy (non-hydrogen) atoms. The molecule has 1 aliphatic carbocycles. The van der Waals surface area contributed by atoms with Crippen molar-refractivity contribution in [1.29, 1.82) is 0 Å². The number of hydrogen-bond donors (Lipinski definition) is 1. The number of nitrogens with zero attached hydrogens (tertiary/aromatic N) is 1. The van der Waals surface area contributed by atoms with E-state index in [0.29, 0.717) is 19.6 Å². The van der Waals surface area contributed by atoms with Gasteiger partial charge in [0.15, 0.2) is 5.60 Å². The number of amides is 2. The Morgan fingerprint density at radius 1 is 1.16 bits per heavy atom. The quantitative estimate of drug-likeness (QED) is 0.771. The van der Waals surface area contributed by atoms with Crippen LogP contribution < -0.4 is 5.32 Å². The van der Waals surface area contributed by atoms with Gasteiger partial charge in [0.2, 0.25) is 5.91 Å². The second kappa shape index (κ2) is 8.79. The lowest BCUT2D eigenvalue weighted by Gasteiger charge is -2.42. The topological polar surface area (TPSA) is 58.6 Å². The summed E-state index contributed by atoms with van der Waals surface area (Å²) in [6.07, 6.45) is 2.28. The molecule has 0 bridgehead atoms. The van der Waals surface area contributed by atoms with Gasteiger partial charge >= 0.3 is 0 Å². The predicted octanol–water partition coefficient (Wildman–Crippen LogP) is 3.57. The summed E-state index contributed by atoms with van der Waals surface area (Å²) < 4.78 is 19.6. The Kier molecular flexibility index (Phi) is 6.10. The normalized spacial score (nSPS) is 21.2. The molecular weight excluding hydrogens is 395 g/mol. The van der Waals surface area contributed by atoms with Crippen LogP contribution in [-0.2, 0) is 20.7 Å². The minimum atomic E-state index is -1.15. The van der Waals surface area contributed by atoms with Gasteiger partial charge in [-0.1, -0.05) is 50.2 Å². The molecule has 4 rings (SSSR count). The summed E-state index contributed by atoms with van der Waals surface area (Å²) in [6.45, 7) is 4.76. The van der Waals surface area contributed by atoms with E-state index >= 15 is 0 Å². The number of carbonyl (C=O) groups is 2. The van der Waals surface area contributed by atoms with E-state index in [1.165, 1.54) is 12.1 Å². The minimum absolute atomic E-state index is 0.0266. The highest BCUT2D eigenvalue weighted by Crippen LogP contribution is 2.32. The molecule has 2 aromatic rings. The minimum Gasteiger partial charge on any atom is -0.361 e. The van der Waals surface area contributed by atoms with Crippen LogP contribution in [0.5, 0.6) is 0 Å². The maximum Gasteiger partial charge on any atom is 0.254 e. The zero-order valence-electron chi connectivity index (χ0n) is 18.1. The lowest BCUT2D eigenvalue weighted by molar-refractivity contribution is -0.167. The molecule has 1 aliphatic heterocycles. The smallest absolute Gasteiger partial charge is 0.254 e. The van der Waals surface area contributed by atoms with Gasteiger partial charge in [0.05, 0.1) is 13.2 Å². The van der Waals surface area contributed by atoms with Gasteiger partial charge in [0.1, 0.15) is 5.82 Å². The van der Waals surface area contributed by atoms with Crippen molar-refractivity contribution in [3.8, 4) is 11.1 Å². The van der Waals surface area contributed by atoms with Crippen LogP contribution in [0.3, 0.4) is 0 Å². The molecule has 1 N–H and O–H groups in total. The highest BCUT2D eigenvalue weighted by molar-refractivity contribution is 5.88. The molecule has 2 fully saturated rings. The molecule has 1 saturated carbocycles. The van der Waals surface area contributed by atoms with Crippen molar-refractivity contribution in [1.82, 2.24) is 10.2 Å². The molecule has 1 atom stereocenters. The van der Waals surface area contributed by atoms with Gasteiger partial charge in [-0.2, -0.15) is 0 Å². The number of rotatable bonds is 6. The largest absolute Gasteiger partial charge is 0.361 e. The van der Waals surface area contributed by atoms with Crippen molar-refractivity contribution in [3.05, 3.63) is 59.9 Å². The van der Waals surface area contributed by atoms with Crippen molar-refractivity contribution < 1.29 is 18.7 Å². The summed E-state index contributed by atoms with van der Waals surface area (Å²) in [6, 6.07) is 14.3. The van der Waals surface area contributed by atoms with Crippen LogP contribution in [0, 0.1) is 11.7 Å². The Morgan fingerprint density at radius 2 is 1.87 bits per heavy atom. The van der Waals surface area contributed by atoms with Gasteiger partial charge in [-0.25, -0.2) is 4.39 Å². The lowest BCUT2D eigenvalue weighted by atomic mass is 9.87. The number of carbonyl (C=O) groups excluding carboxylic acids is 2. The molecule has 0 radical (unpaired) electrons. The highest BCUT2D eigenvalue weighted by atomic mass is 19.1. The molecular formula is C25H29FN2O3. The van der Waals surface area contributed by atoms with Crippen LogP contribution in [0.1, 0.15) is 32.3 Å². The van der Waals surface area contributed by atoms with Gasteiger partial charge in [0, 0.05) is 24.9 Å². The summed E-state index contributed by atoms with van der Waals surface area (Å²) in [5.41, 5.74) is 1.58. The monoisotopic (exact) mass is 424 g/mol. The third kappa shape index (κ3) is 4.79. The third-order valence-corrected chi connectivity index (χ3v) is 5.97. The summed E-state index contributed by atoms with van der Waals surface area (Å²) in [7, 11) is 0. The molecule has 6 heteroatoms. The Morgan fingerprint density at radius 3 is 2.55 bits per heavy atom. The first-order valence-electron chi connectivity index (χ1n) is 11.0. The molecule has 0 aromatic heterocycles. The number of benzene rings is 2. The van der Waals surface area contributed by atoms with Crippen molar-refractivity contribution in [3.63, 3.8) is 0 Å². The van der Waals surface area contributed by atoms with Crippen molar-refractivity contribution in [2.24, 2.45) is 5.92 Å². The van der Waals surface area contributed by atoms with Gasteiger partial charge in [0.25, 0.3) is 5.91 Å². The standard InChI is InChI=1S/C25H29FN2O3/c1-17(2)23(29)28-13-14-31-25(16-28,24(30)27-21-11-12-21)15-19-5-3-4-6-22(19)18-7-9-20(26)10-8-18/h3-10,17,21H,11-16H2,1-2H3,(H,27,30). The molecule has 2 aromatic carbocycles. The van der Waals surface area contributed by atoms with Crippen LogP contribution in [0.25, 0.3) is 11.1 Å². The number of hydrogen-bond acceptors (Lipinski definition) is 3. The number of ether oxygens (including phenoxy) is 1. The fourth-order valence-corrected chi connectivity index (χ4v) is 4.10. The summed E-state index contributed by atoms with van der Waals surface area (Å²) in [4.78, 5) is 27.9. The van der Waals surface area contributed by atoms with Crippen LogP contribution in [0.2, 0.25) is 0 Å². The zero-order chi connectivity index (χ0) is 22.0. The molecule has 5 nitrogen and oxygen atoms in total. The lowest BCUT2D eigenvalue weighted by Crippen LogP contribution is -2.62. The Hall–Kier alpha value is -2.73. The Bertz CT molecular complexity index is 955. The maximum absolute atomic E-state index is 13.4. The van der Waals surface area contributed by atoms with E-state index in [-0.39, 0.29) is 36.1 Å². The van der Waals surface area contributed by atoms with E-state index in [0.717, 1.165) is 29.5 Å². The van der Waals surface area contributed by atoms with Crippen LogP contribution in [-0.4, -0.2) is 48.1 Å². The van der Waals surface area contributed by atoms with E-state index in [4.69, 9.17) is 4.74 Å². The zero-order valence-corrected chi connectivity index (χ0v) is 18.1. The average Bonchev–Trinajstić information content (AvgIpc) is 3.58. The highest BCUT2D eigenvalue weighted by Gasteiger charge is 2.47. The molecule has 2 aliphatic rings. The molecule has 164 valence electrons.